The van der Waals surface area contributed by atoms with E-state index in [1.165, 1.54) is 12.0 Å². The molecule has 0 radical (unpaired) electrons. The van der Waals surface area contributed by atoms with Crippen molar-refractivity contribution in [3.8, 4) is 0 Å². The van der Waals surface area contributed by atoms with Crippen LogP contribution in [0.5, 0.6) is 0 Å². The van der Waals surface area contributed by atoms with E-state index in [1.807, 2.05) is 0 Å². The molecule has 0 unspecified atom stereocenters. The summed E-state index contributed by atoms with van der Waals surface area (Å²) in [6.45, 7) is 10.2. The van der Waals surface area contributed by atoms with Crippen molar-refractivity contribution in [3.05, 3.63) is 22.8 Å². The lowest BCUT2D eigenvalue weighted by atomic mass is 9.98. The standard InChI is InChI=1S/C16H27N3O/c1-4-8-17-9-5-15-12(2)18-16(19-13(15)3)14-6-10-20-11-7-14/h14,17H,4-11H2,1-3H3. The van der Waals surface area contributed by atoms with Crippen LogP contribution >= 0.6 is 0 Å². The molecular formula is C16H27N3O. The van der Waals surface area contributed by atoms with E-state index in [4.69, 9.17) is 14.7 Å². The quantitative estimate of drug-likeness (QED) is 0.812. The van der Waals surface area contributed by atoms with E-state index in [-0.39, 0.29) is 0 Å². The number of aromatic nitrogens is 2. The molecule has 2 rings (SSSR count). The molecule has 0 amide bonds. The van der Waals surface area contributed by atoms with Gasteiger partial charge in [-0.3, -0.25) is 0 Å². The molecule has 2 heterocycles. The third kappa shape index (κ3) is 4.00. The highest BCUT2D eigenvalue weighted by atomic mass is 16.5. The van der Waals surface area contributed by atoms with E-state index >= 15 is 0 Å². The third-order valence-electron chi connectivity index (χ3n) is 4.00. The summed E-state index contributed by atoms with van der Waals surface area (Å²) in [7, 11) is 0. The Labute approximate surface area is 122 Å². The zero-order valence-corrected chi connectivity index (χ0v) is 13.0. The van der Waals surface area contributed by atoms with E-state index in [1.54, 1.807) is 0 Å². The fourth-order valence-corrected chi connectivity index (χ4v) is 2.78. The van der Waals surface area contributed by atoms with Gasteiger partial charge in [-0.2, -0.15) is 0 Å². The average molecular weight is 277 g/mol. The summed E-state index contributed by atoms with van der Waals surface area (Å²) < 4.78 is 5.42. The molecular weight excluding hydrogens is 250 g/mol. The third-order valence-corrected chi connectivity index (χ3v) is 4.00. The van der Waals surface area contributed by atoms with Crippen molar-refractivity contribution in [2.75, 3.05) is 26.3 Å². The molecule has 1 aliphatic heterocycles. The molecule has 4 nitrogen and oxygen atoms in total. The number of ether oxygens (including phenoxy) is 1. The molecule has 0 aliphatic carbocycles. The Morgan fingerprint density at radius 1 is 1.10 bits per heavy atom. The van der Waals surface area contributed by atoms with Crippen molar-refractivity contribution in [3.63, 3.8) is 0 Å². The van der Waals surface area contributed by atoms with Crippen molar-refractivity contribution < 1.29 is 4.74 Å². The molecule has 1 saturated heterocycles. The van der Waals surface area contributed by atoms with Gasteiger partial charge >= 0.3 is 0 Å². The molecule has 0 spiro atoms. The van der Waals surface area contributed by atoms with Gasteiger partial charge in [0.2, 0.25) is 0 Å². The Balaban J connectivity index is 2.03. The normalized spacial score (nSPS) is 16.6. The molecule has 4 heteroatoms. The monoisotopic (exact) mass is 277 g/mol. The fourth-order valence-electron chi connectivity index (χ4n) is 2.78. The van der Waals surface area contributed by atoms with Crippen LogP contribution in [-0.4, -0.2) is 36.3 Å². The predicted molar refractivity (Wildman–Crippen MR) is 81.2 cm³/mol. The summed E-state index contributed by atoms with van der Waals surface area (Å²) in [5.41, 5.74) is 3.61. The lowest BCUT2D eigenvalue weighted by Gasteiger charge is -2.22. The van der Waals surface area contributed by atoms with Crippen LogP contribution in [-0.2, 0) is 11.2 Å². The zero-order chi connectivity index (χ0) is 14.4. The molecule has 1 aromatic heterocycles. The van der Waals surface area contributed by atoms with Gasteiger partial charge in [0, 0.05) is 30.5 Å². The largest absolute Gasteiger partial charge is 0.381 e. The molecule has 0 atom stereocenters. The molecule has 0 aromatic carbocycles. The van der Waals surface area contributed by atoms with E-state index in [0.717, 1.165) is 62.8 Å². The molecule has 1 N–H and O–H groups in total. The van der Waals surface area contributed by atoms with Crippen LogP contribution < -0.4 is 5.32 Å². The van der Waals surface area contributed by atoms with Gasteiger partial charge < -0.3 is 10.1 Å². The minimum absolute atomic E-state index is 0.480. The number of hydrogen-bond donors (Lipinski definition) is 1. The number of nitrogens with zero attached hydrogens (tertiary/aromatic N) is 2. The summed E-state index contributed by atoms with van der Waals surface area (Å²) in [5.74, 6) is 1.50. The van der Waals surface area contributed by atoms with Gasteiger partial charge in [0.1, 0.15) is 5.82 Å². The van der Waals surface area contributed by atoms with Gasteiger partial charge in [-0.05, 0) is 58.2 Å². The Kier molecular flexibility index (Phi) is 5.92. The topological polar surface area (TPSA) is 47.0 Å². The maximum absolute atomic E-state index is 5.42. The van der Waals surface area contributed by atoms with E-state index in [9.17, 15) is 0 Å². The van der Waals surface area contributed by atoms with E-state index in [2.05, 4.69) is 26.1 Å². The van der Waals surface area contributed by atoms with Crippen LogP contribution in [0.15, 0.2) is 0 Å². The molecule has 20 heavy (non-hydrogen) atoms. The zero-order valence-electron chi connectivity index (χ0n) is 13.0. The minimum atomic E-state index is 0.480. The van der Waals surface area contributed by atoms with Gasteiger partial charge in [0.25, 0.3) is 0 Å². The highest BCUT2D eigenvalue weighted by molar-refractivity contribution is 5.25. The molecule has 1 aliphatic rings. The minimum Gasteiger partial charge on any atom is -0.381 e. The van der Waals surface area contributed by atoms with Crippen molar-refractivity contribution in [1.29, 1.82) is 0 Å². The van der Waals surface area contributed by atoms with E-state index in [0.29, 0.717) is 5.92 Å². The molecule has 112 valence electrons. The maximum atomic E-state index is 5.42. The molecule has 0 saturated carbocycles. The number of nitrogens with one attached hydrogen (secondary N) is 1. The number of hydrogen-bond acceptors (Lipinski definition) is 4. The molecule has 1 fully saturated rings. The first kappa shape index (κ1) is 15.4. The van der Waals surface area contributed by atoms with Crippen LogP contribution in [0.3, 0.4) is 0 Å². The Bertz CT molecular complexity index is 405. The fraction of sp³-hybridized carbons (Fsp3) is 0.750. The number of aryl methyl sites for hydroxylation is 2. The summed E-state index contributed by atoms with van der Waals surface area (Å²) in [4.78, 5) is 9.52. The highest BCUT2D eigenvalue weighted by Gasteiger charge is 2.20. The second-order valence-electron chi connectivity index (χ2n) is 5.62. The van der Waals surface area contributed by atoms with Gasteiger partial charge in [0.05, 0.1) is 0 Å². The molecule has 1 aromatic rings. The Morgan fingerprint density at radius 2 is 1.75 bits per heavy atom. The van der Waals surface area contributed by atoms with Crippen LogP contribution in [0.2, 0.25) is 0 Å². The predicted octanol–water partition coefficient (Wildman–Crippen LogP) is 2.53. The second kappa shape index (κ2) is 7.70. The van der Waals surface area contributed by atoms with E-state index < -0.39 is 0 Å². The van der Waals surface area contributed by atoms with Crippen LogP contribution in [0.25, 0.3) is 0 Å². The lowest BCUT2D eigenvalue weighted by Crippen LogP contribution is -2.21. The van der Waals surface area contributed by atoms with Crippen LogP contribution in [0.1, 0.15) is 54.9 Å². The first-order chi connectivity index (χ1) is 9.72. The highest BCUT2D eigenvalue weighted by Crippen LogP contribution is 2.25. The van der Waals surface area contributed by atoms with Crippen LogP contribution in [0.4, 0.5) is 0 Å². The van der Waals surface area contributed by atoms with Crippen molar-refractivity contribution in [2.45, 2.75) is 52.4 Å². The van der Waals surface area contributed by atoms with Crippen LogP contribution in [0, 0.1) is 13.8 Å². The van der Waals surface area contributed by atoms with Crippen molar-refractivity contribution >= 4 is 0 Å². The summed E-state index contributed by atoms with van der Waals surface area (Å²) in [6.07, 6.45) is 4.30. The second-order valence-corrected chi connectivity index (χ2v) is 5.62. The Hall–Kier alpha value is -1.00. The maximum Gasteiger partial charge on any atom is 0.132 e. The SMILES string of the molecule is CCCNCCc1c(C)nc(C2CCOCC2)nc1C. The van der Waals surface area contributed by atoms with Gasteiger partial charge in [0.15, 0.2) is 0 Å². The summed E-state index contributed by atoms with van der Waals surface area (Å²) >= 11 is 0. The average Bonchev–Trinajstić information content (AvgIpc) is 2.46. The summed E-state index contributed by atoms with van der Waals surface area (Å²) in [6, 6.07) is 0. The molecule has 0 bridgehead atoms. The van der Waals surface area contributed by atoms with Crippen molar-refractivity contribution in [2.24, 2.45) is 0 Å². The van der Waals surface area contributed by atoms with Gasteiger partial charge in [-0.15, -0.1) is 0 Å². The van der Waals surface area contributed by atoms with Crippen molar-refractivity contribution in [1.82, 2.24) is 15.3 Å². The first-order valence-corrected chi connectivity index (χ1v) is 7.84. The first-order valence-electron chi connectivity index (χ1n) is 7.84. The number of rotatable bonds is 6. The smallest absolute Gasteiger partial charge is 0.132 e. The van der Waals surface area contributed by atoms with Gasteiger partial charge in [-0.25, -0.2) is 9.97 Å². The Morgan fingerprint density at radius 3 is 2.35 bits per heavy atom. The lowest BCUT2D eigenvalue weighted by molar-refractivity contribution is 0.0835. The summed E-state index contributed by atoms with van der Waals surface area (Å²) in [5, 5.41) is 3.44. The van der Waals surface area contributed by atoms with Gasteiger partial charge in [-0.1, -0.05) is 6.92 Å².